The minimum absolute atomic E-state index is 0.0445. The number of hydrogen-bond acceptors (Lipinski definition) is 3. The molecular formula is C11H16O2S. The standard InChI is InChI=1S/C11H16O2S/c1-3-4-5-6-7-9-10(12)8(2)14-11(9)13/h3,8,12H,1,4-7H2,2H3/t8-/m1/s1. The number of carbonyl (C=O) groups is 1. The van der Waals surface area contributed by atoms with Crippen molar-refractivity contribution < 1.29 is 9.90 Å². The average molecular weight is 212 g/mol. The van der Waals surface area contributed by atoms with Crippen molar-refractivity contribution >= 4 is 16.9 Å². The molecule has 1 rings (SSSR count). The first-order valence-corrected chi connectivity index (χ1v) is 5.78. The molecule has 0 spiro atoms. The molecule has 1 heterocycles. The third-order valence-electron chi connectivity index (χ3n) is 2.31. The van der Waals surface area contributed by atoms with Crippen molar-refractivity contribution in [3.63, 3.8) is 0 Å². The molecule has 1 aliphatic rings. The third kappa shape index (κ3) is 2.64. The monoisotopic (exact) mass is 212 g/mol. The lowest BCUT2D eigenvalue weighted by atomic mass is 10.1. The van der Waals surface area contributed by atoms with Gasteiger partial charge in [-0.3, -0.25) is 4.79 Å². The molecule has 0 bridgehead atoms. The predicted octanol–water partition coefficient (Wildman–Crippen LogP) is 3.21. The Labute approximate surface area is 89.1 Å². The number of unbranched alkanes of at least 4 members (excludes halogenated alkanes) is 2. The van der Waals surface area contributed by atoms with Crippen molar-refractivity contribution in [1.29, 1.82) is 0 Å². The zero-order valence-electron chi connectivity index (χ0n) is 8.45. The highest BCUT2D eigenvalue weighted by atomic mass is 32.2. The SMILES string of the molecule is C=CCCCCC1=C(O)[C@@H](C)SC1=O. The van der Waals surface area contributed by atoms with Crippen molar-refractivity contribution in [3.05, 3.63) is 24.0 Å². The maximum absolute atomic E-state index is 11.4. The van der Waals surface area contributed by atoms with Crippen LogP contribution in [0.1, 0.15) is 32.6 Å². The van der Waals surface area contributed by atoms with E-state index in [1.807, 2.05) is 13.0 Å². The number of aliphatic hydroxyl groups is 1. The number of allylic oxidation sites excluding steroid dienone is 1. The molecule has 14 heavy (non-hydrogen) atoms. The first-order chi connectivity index (χ1) is 6.66. The van der Waals surface area contributed by atoms with Crippen LogP contribution in [-0.2, 0) is 4.79 Å². The molecule has 3 heteroatoms. The first-order valence-electron chi connectivity index (χ1n) is 4.90. The van der Waals surface area contributed by atoms with Gasteiger partial charge in [0.15, 0.2) is 0 Å². The summed E-state index contributed by atoms with van der Waals surface area (Å²) < 4.78 is 0. The Morgan fingerprint density at radius 1 is 1.57 bits per heavy atom. The Balaban J connectivity index is 2.43. The first kappa shape index (κ1) is 11.4. The summed E-state index contributed by atoms with van der Waals surface area (Å²) in [6, 6.07) is 0. The Morgan fingerprint density at radius 2 is 2.29 bits per heavy atom. The second-order valence-corrected chi connectivity index (χ2v) is 4.76. The van der Waals surface area contributed by atoms with Crippen LogP contribution in [0.3, 0.4) is 0 Å². The van der Waals surface area contributed by atoms with Gasteiger partial charge in [0.05, 0.1) is 5.25 Å². The van der Waals surface area contributed by atoms with Gasteiger partial charge in [-0.15, -0.1) is 6.58 Å². The van der Waals surface area contributed by atoms with Gasteiger partial charge in [0, 0.05) is 5.57 Å². The lowest BCUT2D eigenvalue weighted by molar-refractivity contribution is -0.108. The molecule has 0 radical (unpaired) electrons. The van der Waals surface area contributed by atoms with Crippen LogP contribution in [0.25, 0.3) is 0 Å². The minimum atomic E-state index is -0.0445. The van der Waals surface area contributed by atoms with E-state index in [2.05, 4.69) is 6.58 Å². The second kappa shape index (κ2) is 5.25. The summed E-state index contributed by atoms with van der Waals surface area (Å²) in [4.78, 5) is 11.4. The van der Waals surface area contributed by atoms with E-state index in [0.717, 1.165) is 19.3 Å². The second-order valence-electron chi connectivity index (χ2n) is 3.45. The van der Waals surface area contributed by atoms with Crippen molar-refractivity contribution in [3.8, 4) is 0 Å². The lowest BCUT2D eigenvalue weighted by Crippen LogP contribution is -1.96. The van der Waals surface area contributed by atoms with E-state index < -0.39 is 0 Å². The molecular weight excluding hydrogens is 196 g/mol. The molecule has 0 fully saturated rings. The van der Waals surface area contributed by atoms with Gasteiger partial charge in [0.1, 0.15) is 5.76 Å². The fraction of sp³-hybridized carbons (Fsp3) is 0.545. The molecule has 0 aromatic rings. The molecule has 0 unspecified atom stereocenters. The molecule has 0 saturated carbocycles. The number of carbonyl (C=O) groups excluding carboxylic acids is 1. The Bertz CT molecular complexity index is 268. The number of thioether (sulfide) groups is 1. The van der Waals surface area contributed by atoms with Crippen LogP contribution in [0.4, 0.5) is 0 Å². The quantitative estimate of drug-likeness (QED) is 0.561. The highest BCUT2D eigenvalue weighted by Gasteiger charge is 2.29. The average Bonchev–Trinajstić information content (AvgIpc) is 2.38. The molecule has 0 aromatic carbocycles. The van der Waals surface area contributed by atoms with E-state index in [4.69, 9.17) is 0 Å². The van der Waals surface area contributed by atoms with E-state index >= 15 is 0 Å². The topological polar surface area (TPSA) is 37.3 Å². The van der Waals surface area contributed by atoms with E-state index in [9.17, 15) is 9.90 Å². The molecule has 0 saturated heterocycles. The van der Waals surface area contributed by atoms with Gasteiger partial charge >= 0.3 is 0 Å². The summed E-state index contributed by atoms with van der Waals surface area (Å²) in [5, 5.41) is 9.61. The molecule has 0 aliphatic carbocycles. The summed E-state index contributed by atoms with van der Waals surface area (Å²) in [5.74, 6) is 0.290. The van der Waals surface area contributed by atoms with Crippen molar-refractivity contribution in [2.75, 3.05) is 0 Å². The maximum atomic E-state index is 11.4. The lowest BCUT2D eigenvalue weighted by Gasteiger charge is -2.00. The third-order valence-corrected chi connectivity index (χ3v) is 3.35. The van der Waals surface area contributed by atoms with Gasteiger partial charge in [-0.2, -0.15) is 0 Å². The number of aliphatic hydroxyl groups excluding tert-OH is 1. The molecule has 0 amide bonds. The Kier molecular flexibility index (Phi) is 4.26. The predicted molar refractivity (Wildman–Crippen MR) is 60.4 cm³/mol. The van der Waals surface area contributed by atoms with Gasteiger partial charge in [-0.25, -0.2) is 0 Å². The van der Waals surface area contributed by atoms with Gasteiger partial charge in [0.2, 0.25) is 5.12 Å². The number of hydrogen-bond donors (Lipinski definition) is 1. The molecule has 1 N–H and O–H groups in total. The highest BCUT2D eigenvalue weighted by molar-refractivity contribution is 8.15. The molecule has 78 valence electrons. The summed E-state index contributed by atoms with van der Waals surface area (Å²) in [5.41, 5.74) is 0.631. The van der Waals surface area contributed by atoms with Crippen LogP contribution in [0.2, 0.25) is 0 Å². The Morgan fingerprint density at radius 3 is 2.79 bits per heavy atom. The fourth-order valence-electron chi connectivity index (χ4n) is 1.46. The van der Waals surface area contributed by atoms with E-state index in [-0.39, 0.29) is 10.4 Å². The molecule has 1 atom stereocenters. The van der Waals surface area contributed by atoms with Crippen LogP contribution in [0, 0.1) is 0 Å². The Hall–Kier alpha value is -0.700. The molecule has 2 nitrogen and oxygen atoms in total. The van der Waals surface area contributed by atoms with Crippen LogP contribution in [0.5, 0.6) is 0 Å². The van der Waals surface area contributed by atoms with Gasteiger partial charge in [-0.05, 0) is 32.6 Å². The van der Waals surface area contributed by atoms with Crippen molar-refractivity contribution in [2.24, 2.45) is 0 Å². The minimum Gasteiger partial charge on any atom is -0.511 e. The van der Waals surface area contributed by atoms with Crippen molar-refractivity contribution in [1.82, 2.24) is 0 Å². The summed E-state index contributed by atoms with van der Waals surface area (Å²) in [6.45, 7) is 5.50. The van der Waals surface area contributed by atoms with E-state index in [1.165, 1.54) is 11.8 Å². The van der Waals surface area contributed by atoms with Crippen LogP contribution in [-0.4, -0.2) is 15.5 Å². The number of rotatable bonds is 5. The largest absolute Gasteiger partial charge is 0.511 e. The smallest absolute Gasteiger partial charge is 0.219 e. The van der Waals surface area contributed by atoms with E-state index in [0.29, 0.717) is 17.8 Å². The van der Waals surface area contributed by atoms with Gasteiger partial charge in [0.25, 0.3) is 0 Å². The van der Waals surface area contributed by atoms with Crippen LogP contribution >= 0.6 is 11.8 Å². The molecule has 0 aromatic heterocycles. The zero-order chi connectivity index (χ0) is 10.6. The zero-order valence-corrected chi connectivity index (χ0v) is 9.27. The summed E-state index contributed by atoms with van der Waals surface area (Å²) >= 11 is 1.22. The van der Waals surface area contributed by atoms with Gasteiger partial charge in [-0.1, -0.05) is 17.8 Å². The molecule has 1 aliphatic heterocycles. The van der Waals surface area contributed by atoms with Crippen molar-refractivity contribution in [2.45, 2.75) is 37.9 Å². The van der Waals surface area contributed by atoms with Crippen LogP contribution < -0.4 is 0 Å². The summed E-state index contributed by atoms with van der Waals surface area (Å²) in [7, 11) is 0. The summed E-state index contributed by atoms with van der Waals surface area (Å²) in [6.07, 6.45) is 5.54. The van der Waals surface area contributed by atoms with E-state index in [1.54, 1.807) is 0 Å². The van der Waals surface area contributed by atoms with Crippen LogP contribution in [0.15, 0.2) is 24.0 Å². The fourth-order valence-corrected chi connectivity index (χ4v) is 2.38. The highest BCUT2D eigenvalue weighted by Crippen LogP contribution is 2.34. The van der Waals surface area contributed by atoms with Gasteiger partial charge < -0.3 is 5.11 Å². The maximum Gasteiger partial charge on any atom is 0.219 e. The normalized spacial score (nSPS) is 21.8.